The average molecular weight is 588 g/mol. The van der Waals surface area contributed by atoms with Crippen molar-refractivity contribution in [3.8, 4) is 23.0 Å². The van der Waals surface area contributed by atoms with Gasteiger partial charge in [-0.05, 0) is 55.5 Å². The van der Waals surface area contributed by atoms with Crippen LogP contribution in [0, 0.1) is 10.1 Å². The molecule has 222 valence electrons. The zero-order chi connectivity index (χ0) is 30.8. The fourth-order valence-electron chi connectivity index (χ4n) is 3.81. The molecule has 0 unspecified atom stereocenters. The van der Waals surface area contributed by atoms with Crippen molar-refractivity contribution in [1.29, 1.82) is 0 Å². The Bertz CT molecular complexity index is 1630. The lowest BCUT2D eigenvalue weighted by atomic mass is 10.2. The third kappa shape index (κ3) is 8.75. The van der Waals surface area contributed by atoms with Gasteiger partial charge in [-0.1, -0.05) is 12.1 Å². The number of carbonyl (C=O) groups excluding carboxylic acids is 2. The summed E-state index contributed by atoms with van der Waals surface area (Å²) < 4.78 is 21.0. The van der Waals surface area contributed by atoms with Crippen LogP contribution in [0.1, 0.15) is 6.92 Å². The lowest BCUT2D eigenvalue weighted by Gasteiger charge is -2.18. The maximum Gasteiger partial charge on any atom is 0.344 e. The number of nitrogen functional groups attached to an aromatic ring is 2. The van der Waals surface area contributed by atoms with Crippen LogP contribution in [0.3, 0.4) is 0 Å². The number of hydrogen-bond acceptors (Lipinski definition) is 11. The highest BCUT2D eigenvalue weighted by Crippen LogP contribution is 2.34. The van der Waals surface area contributed by atoms with Gasteiger partial charge in [-0.3, -0.25) is 14.9 Å². The van der Waals surface area contributed by atoms with Crippen molar-refractivity contribution < 1.29 is 33.5 Å². The maximum absolute atomic E-state index is 11.4. The van der Waals surface area contributed by atoms with Gasteiger partial charge in [0.25, 0.3) is 5.91 Å². The Morgan fingerprint density at radius 3 is 2.42 bits per heavy atom. The summed E-state index contributed by atoms with van der Waals surface area (Å²) >= 11 is 0. The van der Waals surface area contributed by atoms with Gasteiger partial charge < -0.3 is 41.0 Å². The Labute approximate surface area is 246 Å². The minimum Gasteiger partial charge on any atom is -0.481 e. The molecule has 5 rings (SSSR count). The molecule has 1 aliphatic heterocycles. The fraction of sp³-hybridized carbons (Fsp3) is 0.133. The van der Waals surface area contributed by atoms with Gasteiger partial charge in [0.05, 0.1) is 17.2 Å². The molecule has 0 bridgehead atoms. The second-order valence-electron chi connectivity index (χ2n) is 8.95. The topological polar surface area (TPSA) is 190 Å². The molecule has 0 atom stereocenters. The summed E-state index contributed by atoms with van der Waals surface area (Å²) in [5.74, 6) is 1.10. The van der Waals surface area contributed by atoms with Crippen molar-refractivity contribution in [1.82, 2.24) is 0 Å². The molecule has 1 heterocycles. The molecule has 4 aromatic rings. The van der Waals surface area contributed by atoms with Gasteiger partial charge in [0.1, 0.15) is 17.2 Å². The summed E-state index contributed by atoms with van der Waals surface area (Å²) in [6.45, 7) is 1.49. The molecular weight excluding hydrogens is 558 g/mol. The minimum atomic E-state index is -0.596. The van der Waals surface area contributed by atoms with Crippen LogP contribution in [-0.2, 0) is 14.3 Å². The normalized spacial score (nSPS) is 11.4. The van der Waals surface area contributed by atoms with Crippen LogP contribution >= 0.6 is 0 Å². The molecule has 0 saturated carbocycles. The molecule has 0 spiro atoms. The Morgan fingerprint density at radius 2 is 1.70 bits per heavy atom. The monoisotopic (exact) mass is 587 g/mol. The number of anilines is 5. The van der Waals surface area contributed by atoms with E-state index < -0.39 is 17.5 Å². The van der Waals surface area contributed by atoms with E-state index in [2.05, 4.69) is 10.6 Å². The van der Waals surface area contributed by atoms with Gasteiger partial charge in [-0.15, -0.1) is 0 Å². The summed E-state index contributed by atoms with van der Waals surface area (Å²) in [4.78, 5) is 33.0. The van der Waals surface area contributed by atoms with Gasteiger partial charge in [0.2, 0.25) is 0 Å². The van der Waals surface area contributed by atoms with Crippen LogP contribution < -0.4 is 36.3 Å². The van der Waals surface area contributed by atoms with Crippen molar-refractivity contribution in [3.63, 3.8) is 0 Å². The Morgan fingerprint density at radius 1 is 0.977 bits per heavy atom. The quantitative estimate of drug-likeness (QED) is 0.0865. The molecule has 1 aliphatic rings. The van der Waals surface area contributed by atoms with E-state index in [1.807, 2.05) is 12.1 Å². The average Bonchev–Trinajstić information content (AvgIpc) is 2.97. The molecule has 0 saturated heterocycles. The number of nitro benzene ring substituents is 1. The number of carbonyl (C=O) groups is 2. The molecule has 0 radical (unpaired) electrons. The minimum absolute atomic E-state index is 0.0226. The number of fused-ring (bicyclic) bond motifs is 1. The second-order valence-corrected chi connectivity index (χ2v) is 8.95. The van der Waals surface area contributed by atoms with Crippen molar-refractivity contribution in [2.45, 2.75) is 6.92 Å². The van der Waals surface area contributed by atoms with Crippen LogP contribution in [0.5, 0.6) is 23.0 Å². The molecular formula is C30H29N5O8. The van der Waals surface area contributed by atoms with E-state index in [0.29, 0.717) is 40.0 Å². The number of nitrogens with one attached hydrogen (secondary N) is 2. The van der Waals surface area contributed by atoms with E-state index in [1.165, 1.54) is 12.1 Å². The Kier molecular flexibility index (Phi) is 9.82. The SMILES string of the molecule is CCOC(=O)COc1cc(Nc2cccc(N)c2)ccc1[N+](=O)[O-].Nc1cccc(Oc2ccc3c(c2)OCC(=O)N3)c1. The number of rotatable bonds is 9. The highest BCUT2D eigenvalue weighted by Gasteiger charge is 2.18. The van der Waals surface area contributed by atoms with E-state index in [-0.39, 0.29) is 30.6 Å². The third-order valence-corrected chi connectivity index (χ3v) is 5.66. The highest BCUT2D eigenvalue weighted by molar-refractivity contribution is 5.95. The lowest BCUT2D eigenvalue weighted by Crippen LogP contribution is -2.25. The molecule has 13 nitrogen and oxygen atoms in total. The summed E-state index contributed by atoms with van der Waals surface area (Å²) in [6, 6.07) is 23.7. The number of nitrogens with zero attached hydrogens (tertiary/aromatic N) is 1. The van der Waals surface area contributed by atoms with E-state index in [9.17, 15) is 19.7 Å². The first-order valence-electron chi connectivity index (χ1n) is 13.0. The number of nitro groups is 1. The van der Waals surface area contributed by atoms with Crippen LogP contribution in [-0.4, -0.2) is 36.6 Å². The fourth-order valence-corrected chi connectivity index (χ4v) is 3.81. The predicted octanol–water partition coefficient (Wildman–Crippen LogP) is 5.25. The number of benzene rings is 4. The summed E-state index contributed by atoms with van der Waals surface area (Å²) in [6.07, 6.45) is 0. The van der Waals surface area contributed by atoms with Crippen molar-refractivity contribution in [2.24, 2.45) is 0 Å². The summed E-state index contributed by atoms with van der Waals surface area (Å²) in [5, 5.41) is 16.9. The first-order chi connectivity index (χ1) is 20.7. The Balaban J connectivity index is 0.000000202. The first-order valence-corrected chi connectivity index (χ1v) is 13.0. The van der Waals surface area contributed by atoms with E-state index in [4.69, 9.17) is 30.4 Å². The van der Waals surface area contributed by atoms with Crippen molar-refractivity contribution >= 4 is 46.0 Å². The predicted molar refractivity (Wildman–Crippen MR) is 161 cm³/mol. The van der Waals surface area contributed by atoms with Crippen LogP contribution in [0.25, 0.3) is 0 Å². The molecule has 1 amide bonds. The van der Waals surface area contributed by atoms with Gasteiger partial charge in [0, 0.05) is 47.0 Å². The zero-order valence-electron chi connectivity index (χ0n) is 23.1. The molecule has 0 aliphatic carbocycles. The number of ether oxygens (including phenoxy) is 4. The smallest absolute Gasteiger partial charge is 0.344 e. The molecule has 6 N–H and O–H groups in total. The standard InChI is InChI=1S/C16H17N3O5.C14H12N2O3/c1-2-23-16(20)10-24-15-9-13(6-7-14(15)19(21)22)18-12-5-3-4-11(17)8-12;15-9-2-1-3-10(6-9)19-11-4-5-12-13(7-11)18-8-14(17)16-12/h3-9,18H,2,10,17H2,1H3;1-7H,8,15H2,(H,16,17). The molecule has 4 aromatic carbocycles. The van der Waals surface area contributed by atoms with Gasteiger partial charge >= 0.3 is 11.7 Å². The zero-order valence-corrected chi connectivity index (χ0v) is 23.1. The number of amides is 1. The molecule has 13 heteroatoms. The molecule has 0 aromatic heterocycles. The van der Waals surface area contributed by atoms with Crippen molar-refractivity contribution in [2.75, 3.05) is 41.9 Å². The van der Waals surface area contributed by atoms with E-state index in [0.717, 1.165) is 5.69 Å². The molecule has 43 heavy (non-hydrogen) atoms. The van der Waals surface area contributed by atoms with Crippen LogP contribution in [0.15, 0.2) is 84.9 Å². The lowest BCUT2D eigenvalue weighted by molar-refractivity contribution is -0.385. The molecule has 0 fully saturated rings. The maximum atomic E-state index is 11.4. The van der Waals surface area contributed by atoms with E-state index in [1.54, 1.807) is 67.6 Å². The number of nitrogens with two attached hydrogens (primary N) is 2. The third-order valence-electron chi connectivity index (χ3n) is 5.66. The Hall–Kier alpha value is -5.98. The van der Waals surface area contributed by atoms with Crippen molar-refractivity contribution in [3.05, 3.63) is 95.0 Å². The number of hydrogen-bond donors (Lipinski definition) is 4. The van der Waals surface area contributed by atoms with E-state index >= 15 is 0 Å². The first kappa shape index (κ1) is 30.0. The van der Waals surface area contributed by atoms with Gasteiger partial charge in [0.15, 0.2) is 19.0 Å². The van der Waals surface area contributed by atoms with Crippen LogP contribution in [0.2, 0.25) is 0 Å². The van der Waals surface area contributed by atoms with Gasteiger partial charge in [-0.2, -0.15) is 0 Å². The summed E-state index contributed by atoms with van der Waals surface area (Å²) in [5.41, 5.74) is 14.3. The second kappa shape index (κ2) is 14.1. The largest absolute Gasteiger partial charge is 0.481 e. The van der Waals surface area contributed by atoms with Crippen LogP contribution in [0.4, 0.5) is 34.1 Å². The number of esters is 1. The highest BCUT2D eigenvalue weighted by atomic mass is 16.6. The van der Waals surface area contributed by atoms with Gasteiger partial charge in [-0.25, -0.2) is 4.79 Å². The summed E-state index contributed by atoms with van der Waals surface area (Å²) in [7, 11) is 0.